The second-order valence-electron chi connectivity index (χ2n) is 4.28. The van der Waals surface area contributed by atoms with Gasteiger partial charge in [0.2, 0.25) is 0 Å². The minimum Gasteiger partial charge on any atom is -0.207 e. The van der Waals surface area contributed by atoms with E-state index in [0.717, 1.165) is 22.3 Å². The van der Waals surface area contributed by atoms with Crippen LogP contribution in [0.25, 0.3) is 11.1 Å². The largest absolute Gasteiger partial charge is 0.261 e. The number of aryl methyl sites for hydroxylation is 2. The first kappa shape index (κ1) is 13.1. The highest BCUT2D eigenvalue weighted by molar-refractivity contribution is 8.13. The van der Waals surface area contributed by atoms with Gasteiger partial charge in [-0.15, -0.1) is 0 Å². The summed E-state index contributed by atoms with van der Waals surface area (Å²) in [6.07, 6.45) is 0. The molecule has 0 aliphatic heterocycles. The van der Waals surface area contributed by atoms with Crippen LogP contribution in [-0.4, -0.2) is 8.42 Å². The summed E-state index contributed by atoms with van der Waals surface area (Å²) in [5, 5.41) is 0. The van der Waals surface area contributed by atoms with E-state index in [0.29, 0.717) is 0 Å². The topological polar surface area (TPSA) is 34.1 Å². The highest BCUT2D eigenvalue weighted by atomic mass is 35.7. The van der Waals surface area contributed by atoms with Crippen molar-refractivity contribution in [1.82, 2.24) is 0 Å². The normalized spacial score (nSPS) is 11.5. The number of rotatable bonds is 2. The first-order valence-corrected chi connectivity index (χ1v) is 7.81. The average molecular weight is 281 g/mol. The van der Waals surface area contributed by atoms with Crippen molar-refractivity contribution in [2.45, 2.75) is 18.7 Å². The van der Waals surface area contributed by atoms with Gasteiger partial charge in [-0.05, 0) is 42.7 Å². The van der Waals surface area contributed by atoms with E-state index in [9.17, 15) is 8.42 Å². The molecule has 0 fully saturated rings. The van der Waals surface area contributed by atoms with Crippen molar-refractivity contribution in [2.75, 3.05) is 0 Å². The van der Waals surface area contributed by atoms with E-state index in [2.05, 4.69) is 0 Å². The quantitative estimate of drug-likeness (QED) is 0.782. The van der Waals surface area contributed by atoms with E-state index in [1.807, 2.05) is 38.1 Å². The lowest BCUT2D eigenvalue weighted by molar-refractivity contribution is 0.609. The molecular weight excluding hydrogens is 268 g/mol. The third-order valence-electron chi connectivity index (χ3n) is 2.85. The fourth-order valence-corrected chi connectivity index (χ4v) is 2.57. The van der Waals surface area contributed by atoms with Crippen LogP contribution >= 0.6 is 10.7 Å². The molecule has 0 aromatic heterocycles. The van der Waals surface area contributed by atoms with E-state index in [4.69, 9.17) is 10.7 Å². The van der Waals surface area contributed by atoms with E-state index < -0.39 is 9.05 Å². The number of hydrogen-bond acceptors (Lipinski definition) is 2. The van der Waals surface area contributed by atoms with Crippen molar-refractivity contribution in [3.05, 3.63) is 53.6 Å². The van der Waals surface area contributed by atoms with Crippen LogP contribution in [-0.2, 0) is 9.05 Å². The molecule has 0 aliphatic carbocycles. The number of halogens is 1. The Morgan fingerprint density at radius 1 is 0.944 bits per heavy atom. The van der Waals surface area contributed by atoms with E-state index >= 15 is 0 Å². The second kappa shape index (κ2) is 4.75. The lowest BCUT2D eigenvalue weighted by Crippen LogP contribution is -1.93. The van der Waals surface area contributed by atoms with Crippen LogP contribution in [0.3, 0.4) is 0 Å². The smallest absolute Gasteiger partial charge is 0.207 e. The lowest BCUT2D eigenvalue weighted by atomic mass is 10.00. The van der Waals surface area contributed by atoms with Gasteiger partial charge in [0.25, 0.3) is 9.05 Å². The van der Waals surface area contributed by atoms with Gasteiger partial charge in [-0.3, -0.25) is 0 Å². The monoisotopic (exact) mass is 280 g/mol. The summed E-state index contributed by atoms with van der Waals surface area (Å²) in [4.78, 5) is 0.130. The summed E-state index contributed by atoms with van der Waals surface area (Å²) in [5.41, 5.74) is 4.05. The molecule has 0 radical (unpaired) electrons. The Morgan fingerprint density at radius 2 is 1.56 bits per heavy atom. The zero-order valence-corrected chi connectivity index (χ0v) is 11.7. The van der Waals surface area contributed by atoms with Gasteiger partial charge in [-0.2, -0.15) is 0 Å². The summed E-state index contributed by atoms with van der Waals surface area (Å²) >= 11 is 0. The molecule has 0 N–H and O–H groups in total. The molecule has 2 aromatic carbocycles. The highest BCUT2D eigenvalue weighted by Crippen LogP contribution is 2.27. The zero-order valence-electron chi connectivity index (χ0n) is 10.1. The summed E-state index contributed by atoms with van der Waals surface area (Å²) in [5.74, 6) is 0. The van der Waals surface area contributed by atoms with E-state index in [1.165, 1.54) is 6.07 Å². The maximum Gasteiger partial charge on any atom is 0.261 e. The van der Waals surface area contributed by atoms with Crippen molar-refractivity contribution in [3.8, 4) is 11.1 Å². The zero-order chi connectivity index (χ0) is 13.3. The van der Waals surface area contributed by atoms with E-state index in [1.54, 1.807) is 12.1 Å². The standard InChI is InChI=1S/C14H13ClO2S/c1-10-3-6-12(7-4-10)14-9-13(18(15,16)17)8-5-11(14)2/h3-9H,1-2H3. The van der Waals surface area contributed by atoms with Gasteiger partial charge in [-0.25, -0.2) is 8.42 Å². The molecule has 0 aliphatic rings. The third kappa shape index (κ3) is 2.74. The Labute approximate surface area is 112 Å². The Hall–Kier alpha value is -1.32. The Bertz CT molecular complexity index is 673. The molecule has 0 unspecified atom stereocenters. The predicted octanol–water partition coefficient (Wildman–Crippen LogP) is 3.90. The molecule has 0 saturated heterocycles. The van der Waals surface area contributed by atoms with Crippen LogP contribution in [0.5, 0.6) is 0 Å². The van der Waals surface area contributed by atoms with Crippen LogP contribution < -0.4 is 0 Å². The van der Waals surface area contributed by atoms with Gasteiger partial charge in [0.1, 0.15) is 0 Å². The number of hydrogen-bond donors (Lipinski definition) is 0. The lowest BCUT2D eigenvalue weighted by Gasteiger charge is -2.08. The SMILES string of the molecule is Cc1ccc(-c2cc(S(=O)(=O)Cl)ccc2C)cc1. The molecule has 0 bridgehead atoms. The summed E-state index contributed by atoms with van der Waals surface area (Å²) in [6.45, 7) is 3.95. The molecule has 4 heteroatoms. The van der Waals surface area contributed by atoms with Crippen molar-refractivity contribution >= 4 is 19.7 Å². The van der Waals surface area contributed by atoms with Gasteiger partial charge in [0.15, 0.2) is 0 Å². The average Bonchev–Trinajstić information content (AvgIpc) is 2.29. The molecule has 0 saturated carbocycles. The first-order chi connectivity index (χ1) is 8.38. The molecule has 2 nitrogen and oxygen atoms in total. The Kier molecular flexibility index (Phi) is 3.46. The minimum absolute atomic E-state index is 0.130. The predicted molar refractivity (Wildman–Crippen MR) is 74.4 cm³/mol. The molecule has 2 aromatic rings. The summed E-state index contributed by atoms with van der Waals surface area (Å²) < 4.78 is 22.7. The molecule has 18 heavy (non-hydrogen) atoms. The third-order valence-corrected chi connectivity index (χ3v) is 4.20. The van der Waals surface area contributed by atoms with Gasteiger partial charge in [0.05, 0.1) is 4.90 Å². The second-order valence-corrected chi connectivity index (χ2v) is 6.85. The molecule has 94 valence electrons. The van der Waals surface area contributed by atoms with Crippen LogP contribution in [0.2, 0.25) is 0 Å². The van der Waals surface area contributed by atoms with Crippen molar-refractivity contribution in [2.24, 2.45) is 0 Å². The molecule has 0 amide bonds. The van der Waals surface area contributed by atoms with Gasteiger partial charge >= 0.3 is 0 Å². The van der Waals surface area contributed by atoms with Crippen molar-refractivity contribution < 1.29 is 8.42 Å². The van der Waals surface area contributed by atoms with Crippen LogP contribution in [0, 0.1) is 13.8 Å². The maximum absolute atomic E-state index is 11.3. The molecule has 0 atom stereocenters. The van der Waals surface area contributed by atoms with Crippen LogP contribution in [0.4, 0.5) is 0 Å². The Morgan fingerprint density at radius 3 is 2.11 bits per heavy atom. The number of benzene rings is 2. The van der Waals surface area contributed by atoms with Gasteiger partial charge < -0.3 is 0 Å². The van der Waals surface area contributed by atoms with Crippen LogP contribution in [0.1, 0.15) is 11.1 Å². The fourth-order valence-electron chi connectivity index (χ4n) is 1.80. The van der Waals surface area contributed by atoms with Gasteiger partial charge in [-0.1, -0.05) is 35.9 Å². The first-order valence-electron chi connectivity index (χ1n) is 5.50. The molecule has 2 rings (SSSR count). The van der Waals surface area contributed by atoms with Crippen LogP contribution in [0.15, 0.2) is 47.4 Å². The van der Waals surface area contributed by atoms with Crippen molar-refractivity contribution in [3.63, 3.8) is 0 Å². The van der Waals surface area contributed by atoms with Gasteiger partial charge in [0, 0.05) is 10.7 Å². The maximum atomic E-state index is 11.3. The summed E-state index contributed by atoms with van der Waals surface area (Å²) in [6, 6.07) is 12.8. The summed E-state index contributed by atoms with van der Waals surface area (Å²) in [7, 11) is 1.68. The Balaban J connectivity index is 2.60. The van der Waals surface area contributed by atoms with E-state index in [-0.39, 0.29) is 4.90 Å². The highest BCUT2D eigenvalue weighted by Gasteiger charge is 2.12. The molecule has 0 spiro atoms. The molecular formula is C14H13ClO2S. The minimum atomic E-state index is -3.69. The van der Waals surface area contributed by atoms with Crippen molar-refractivity contribution in [1.29, 1.82) is 0 Å². The fraction of sp³-hybridized carbons (Fsp3) is 0.143. The molecule has 0 heterocycles.